The van der Waals surface area contributed by atoms with Crippen LogP contribution in [-0.4, -0.2) is 36.1 Å². The molecule has 3 rings (SSSR count). The molecule has 6 heteroatoms. The lowest BCUT2D eigenvalue weighted by Crippen LogP contribution is -2.45. The molecule has 1 heterocycles. The Balaban J connectivity index is 1.67. The molecule has 1 amide bonds. The summed E-state index contributed by atoms with van der Waals surface area (Å²) in [7, 11) is 0. The Bertz CT molecular complexity index is 805. The molecule has 0 unspecified atom stereocenters. The molecule has 144 valence electrons. The highest BCUT2D eigenvalue weighted by atomic mass is 35.5. The molecule has 1 aliphatic rings. The molecule has 0 radical (unpaired) electrons. The number of halogens is 2. The van der Waals surface area contributed by atoms with Gasteiger partial charge in [-0.25, -0.2) is 4.39 Å². The minimum Gasteiger partial charge on any atom is -0.373 e. The third-order valence-corrected chi connectivity index (χ3v) is 4.86. The van der Waals surface area contributed by atoms with Gasteiger partial charge in [-0.1, -0.05) is 35.9 Å². The normalized spacial score (nSPS) is 20.4. The summed E-state index contributed by atoms with van der Waals surface area (Å²) in [5.74, 6) is -1.06. The topological polar surface area (TPSA) is 41.6 Å². The van der Waals surface area contributed by atoms with Gasteiger partial charge in [-0.05, 0) is 43.2 Å². The molecule has 1 saturated heterocycles. The van der Waals surface area contributed by atoms with E-state index in [0.29, 0.717) is 11.6 Å². The van der Waals surface area contributed by atoms with Gasteiger partial charge < -0.3 is 10.1 Å². The van der Waals surface area contributed by atoms with Gasteiger partial charge in [-0.3, -0.25) is 9.69 Å². The standard InChI is InChI=1S/C21H24ClFN2O2/c1-14-11-25(12-15(2)27-14)13-17-6-4-3-5-16(17)10-24-21(26)19-9-18(22)7-8-20(19)23/h3-9,14-15H,10-13H2,1-2H3,(H,24,26)/t14-,15-/m0/s1. The summed E-state index contributed by atoms with van der Waals surface area (Å²) in [6.07, 6.45) is 0.401. The quantitative estimate of drug-likeness (QED) is 0.838. The number of carbonyl (C=O) groups excluding carboxylic acids is 1. The van der Waals surface area contributed by atoms with Crippen molar-refractivity contribution in [2.45, 2.75) is 39.1 Å². The van der Waals surface area contributed by atoms with Crippen LogP contribution in [0.15, 0.2) is 42.5 Å². The second-order valence-electron chi connectivity index (χ2n) is 7.03. The first-order valence-corrected chi connectivity index (χ1v) is 9.48. The van der Waals surface area contributed by atoms with Gasteiger partial charge in [0.15, 0.2) is 0 Å². The Morgan fingerprint density at radius 2 is 1.85 bits per heavy atom. The van der Waals surface area contributed by atoms with E-state index in [1.165, 1.54) is 18.2 Å². The van der Waals surface area contributed by atoms with Gasteiger partial charge in [0.05, 0.1) is 17.8 Å². The Labute approximate surface area is 164 Å². The lowest BCUT2D eigenvalue weighted by atomic mass is 10.1. The summed E-state index contributed by atoms with van der Waals surface area (Å²) in [4.78, 5) is 14.7. The van der Waals surface area contributed by atoms with Gasteiger partial charge in [-0.2, -0.15) is 0 Å². The molecule has 1 aliphatic heterocycles. The average Bonchev–Trinajstić information content (AvgIpc) is 2.62. The van der Waals surface area contributed by atoms with E-state index in [-0.39, 0.29) is 17.8 Å². The van der Waals surface area contributed by atoms with Gasteiger partial charge >= 0.3 is 0 Å². The van der Waals surface area contributed by atoms with Crippen molar-refractivity contribution in [1.82, 2.24) is 10.2 Å². The molecule has 0 aromatic heterocycles. The highest BCUT2D eigenvalue weighted by molar-refractivity contribution is 6.31. The number of nitrogens with one attached hydrogen (secondary N) is 1. The van der Waals surface area contributed by atoms with Crippen molar-refractivity contribution >= 4 is 17.5 Å². The molecule has 27 heavy (non-hydrogen) atoms. The highest BCUT2D eigenvalue weighted by Crippen LogP contribution is 2.18. The number of benzene rings is 2. The van der Waals surface area contributed by atoms with Crippen LogP contribution in [0.25, 0.3) is 0 Å². The molecule has 1 fully saturated rings. The zero-order valence-corrected chi connectivity index (χ0v) is 16.3. The van der Waals surface area contributed by atoms with Crippen molar-refractivity contribution in [1.29, 1.82) is 0 Å². The first kappa shape index (κ1) is 19.8. The van der Waals surface area contributed by atoms with Gasteiger partial charge in [0, 0.05) is 31.2 Å². The number of hydrogen-bond acceptors (Lipinski definition) is 3. The SMILES string of the molecule is C[C@H]1CN(Cc2ccccc2CNC(=O)c2cc(Cl)ccc2F)C[C@H](C)O1. The van der Waals surface area contributed by atoms with E-state index in [1.807, 2.05) is 18.2 Å². The van der Waals surface area contributed by atoms with Gasteiger partial charge in [0.25, 0.3) is 5.91 Å². The van der Waals surface area contributed by atoms with Gasteiger partial charge in [0.1, 0.15) is 5.82 Å². The number of morpholine rings is 1. The van der Waals surface area contributed by atoms with E-state index in [9.17, 15) is 9.18 Å². The van der Waals surface area contributed by atoms with Crippen molar-refractivity contribution in [2.24, 2.45) is 0 Å². The van der Waals surface area contributed by atoms with E-state index in [2.05, 4.69) is 30.1 Å². The molecule has 2 aromatic rings. The smallest absolute Gasteiger partial charge is 0.254 e. The van der Waals surface area contributed by atoms with Crippen molar-refractivity contribution in [3.8, 4) is 0 Å². The summed E-state index contributed by atoms with van der Waals surface area (Å²) in [5, 5.41) is 3.13. The van der Waals surface area contributed by atoms with E-state index in [0.717, 1.165) is 30.8 Å². The Morgan fingerprint density at radius 1 is 1.19 bits per heavy atom. The zero-order chi connectivity index (χ0) is 19.4. The van der Waals surface area contributed by atoms with Crippen molar-refractivity contribution in [2.75, 3.05) is 13.1 Å². The van der Waals surface area contributed by atoms with Crippen LogP contribution in [0.2, 0.25) is 5.02 Å². The molecular weight excluding hydrogens is 367 g/mol. The minimum absolute atomic E-state index is 0.0455. The van der Waals surface area contributed by atoms with Crippen molar-refractivity contribution in [3.05, 3.63) is 70.0 Å². The fraction of sp³-hybridized carbons (Fsp3) is 0.381. The predicted octanol–water partition coefficient (Wildman–Crippen LogP) is 4.02. The summed E-state index contributed by atoms with van der Waals surface area (Å²) in [6.45, 7) is 7.02. The first-order valence-electron chi connectivity index (χ1n) is 9.10. The van der Waals surface area contributed by atoms with Crippen LogP contribution in [0.3, 0.4) is 0 Å². The molecule has 0 aliphatic carbocycles. The van der Waals surface area contributed by atoms with Crippen molar-refractivity contribution < 1.29 is 13.9 Å². The van der Waals surface area contributed by atoms with Crippen LogP contribution in [-0.2, 0) is 17.8 Å². The third-order valence-electron chi connectivity index (χ3n) is 4.62. The number of ether oxygens (including phenoxy) is 1. The van der Waals surface area contributed by atoms with Crippen LogP contribution in [0, 0.1) is 5.82 Å². The summed E-state index contributed by atoms with van der Waals surface area (Å²) in [5.41, 5.74) is 2.11. The lowest BCUT2D eigenvalue weighted by molar-refractivity contribution is -0.0705. The number of rotatable bonds is 5. The monoisotopic (exact) mass is 390 g/mol. The fourth-order valence-electron chi connectivity index (χ4n) is 3.48. The maximum atomic E-state index is 13.9. The molecule has 0 bridgehead atoms. The lowest BCUT2D eigenvalue weighted by Gasteiger charge is -2.35. The van der Waals surface area contributed by atoms with Crippen LogP contribution in [0.5, 0.6) is 0 Å². The van der Waals surface area contributed by atoms with E-state index >= 15 is 0 Å². The summed E-state index contributed by atoms with van der Waals surface area (Å²) >= 11 is 5.87. The molecule has 2 atom stereocenters. The number of hydrogen-bond donors (Lipinski definition) is 1. The average molecular weight is 391 g/mol. The van der Waals surface area contributed by atoms with E-state index < -0.39 is 11.7 Å². The third kappa shape index (κ3) is 5.28. The molecule has 4 nitrogen and oxygen atoms in total. The van der Waals surface area contributed by atoms with Gasteiger partial charge in [0.2, 0.25) is 0 Å². The number of amides is 1. The van der Waals surface area contributed by atoms with Crippen LogP contribution in [0.4, 0.5) is 4.39 Å². The zero-order valence-electron chi connectivity index (χ0n) is 15.5. The Kier molecular flexibility index (Phi) is 6.47. The Morgan fingerprint density at radius 3 is 2.56 bits per heavy atom. The maximum Gasteiger partial charge on any atom is 0.254 e. The van der Waals surface area contributed by atoms with E-state index in [4.69, 9.17) is 16.3 Å². The van der Waals surface area contributed by atoms with Crippen molar-refractivity contribution in [3.63, 3.8) is 0 Å². The second-order valence-corrected chi connectivity index (χ2v) is 7.46. The van der Waals surface area contributed by atoms with Crippen LogP contribution in [0.1, 0.15) is 35.3 Å². The van der Waals surface area contributed by atoms with Crippen LogP contribution >= 0.6 is 11.6 Å². The number of carbonyl (C=O) groups is 1. The molecule has 1 N–H and O–H groups in total. The molecule has 0 spiro atoms. The predicted molar refractivity (Wildman–Crippen MR) is 104 cm³/mol. The van der Waals surface area contributed by atoms with Crippen LogP contribution < -0.4 is 5.32 Å². The highest BCUT2D eigenvalue weighted by Gasteiger charge is 2.22. The summed E-state index contributed by atoms with van der Waals surface area (Å²) in [6, 6.07) is 11.9. The number of nitrogens with zero attached hydrogens (tertiary/aromatic N) is 1. The second kappa shape index (κ2) is 8.83. The Hall–Kier alpha value is -1.95. The van der Waals surface area contributed by atoms with E-state index in [1.54, 1.807) is 0 Å². The molecule has 0 saturated carbocycles. The summed E-state index contributed by atoms with van der Waals surface area (Å²) < 4.78 is 19.7. The molecular formula is C21H24ClFN2O2. The minimum atomic E-state index is -0.582. The largest absolute Gasteiger partial charge is 0.373 e. The van der Waals surface area contributed by atoms with Gasteiger partial charge in [-0.15, -0.1) is 0 Å². The maximum absolute atomic E-state index is 13.9. The molecule has 2 aromatic carbocycles. The first-order chi connectivity index (χ1) is 12.9. The fourth-order valence-corrected chi connectivity index (χ4v) is 3.65.